The molecule has 0 aliphatic carbocycles. The van der Waals surface area contributed by atoms with Crippen LogP contribution in [0.25, 0.3) is 0 Å². The summed E-state index contributed by atoms with van der Waals surface area (Å²) in [6.45, 7) is -0.486. The third-order valence-corrected chi connectivity index (χ3v) is 4.18. The molecule has 0 bridgehead atoms. The highest BCUT2D eigenvalue weighted by Crippen LogP contribution is 2.17. The number of hydrogen-bond acceptors (Lipinski definition) is 4. The summed E-state index contributed by atoms with van der Waals surface area (Å²) in [6.07, 6.45) is 0.295. The van der Waals surface area contributed by atoms with Crippen LogP contribution < -0.4 is 5.32 Å². The van der Waals surface area contributed by atoms with Crippen LogP contribution in [0.5, 0.6) is 0 Å². The van der Waals surface area contributed by atoms with Gasteiger partial charge in [0.15, 0.2) is 9.84 Å². The molecule has 0 aromatic carbocycles. The van der Waals surface area contributed by atoms with Crippen molar-refractivity contribution in [1.29, 1.82) is 0 Å². The number of amides is 2. The van der Waals surface area contributed by atoms with Gasteiger partial charge in [0, 0.05) is 13.1 Å². The lowest BCUT2D eigenvalue weighted by atomic mass is 10.2. The summed E-state index contributed by atoms with van der Waals surface area (Å²) >= 11 is 0. The monoisotopic (exact) mass is 250 g/mol. The van der Waals surface area contributed by atoms with E-state index in [9.17, 15) is 18.0 Å². The van der Waals surface area contributed by atoms with Gasteiger partial charge in [0.05, 0.1) is 11.5 Å². The Labute approximate surface area is 93.3 Å². The van der Waals surface area contributed by atoms with Crippen LogP contribution in [0.4, 0.5) is 4.79 Å². The van der Waals surface area contributed by atoms with Gasteiger partial charge in [-0.2, -0.15) is 0 Å². The lowest BCUT2D eigenvalue weighted by Crippen LogP contribution is -2.48. The molecule has 0 aromatic heterocycles. The Bertz CT molecular complexity index is 391. The molecule has 1 saturated heterocycles. The average molecular weight is 250 g/mol. The van der Waals surface area contributed by atoms with Crippen LogP contribution in [0, 0.1) is 0 Å². The molecule has 16 heavy (non-hydrogen) atoms. The van der Waals surface area contributed by atoms with E-state index >= 15 is 0 Å². The molecule has 0 aromatic rings. The van der Waals surface area contributed by atoms with Gasteiger partial charge < -0.3 is 15.3 Å². The zero-order valence-electron chi connectivity index (χ0n) is 8.84. The fourth-order valence-electron chi connectivity index (χ4n) is 1.68. The maximum Gasteiger partial charge on any atom is 0.323 e. The lowest BCUT2D eigenvalue weighted by molar-refractivity contribution is -0.138. The Morgan fingerprint density at radius 3 is 2.50 bits per heavy atom. The van der Waals surface area contributed by atoms with Gasteiger partial charge in [-0.05, 0) is 6.42 Å². The third kappa shape index (κ3) is 3.09. The molecule has 1 heterocycles. The van der Waals surface area contributed by atoms with Crippen molar-refractivity contribution in [2.75, 3.05) is 25.1 Å². The molecule has 0 radical (unpaired) electrons. The van der Waals surface area contributed by atoms with Crippen LogP contribution in [0.15, 0.2) is 0 Å². The number of aliphatic carboxylic acids is 1. The van der Waals surface area contributed by atoms with Crippen LogP contribution in [0.3, 0.4) is 0 Å². The molecule has 1 atom stereocenters. The van der Waals surface area contributed by atoms with Gasteiger partial charge in [-0.25, -0.2) is 13.2 Å². The van der Waals surface area contributed by atoms with Gasteiger partial charge in [0.2, 0.25) is 0 Å². The number of carboxylic acids is 1. The number of carboxylic acid groups (broad SMARTS) is 1. The first-order valence-electron chi connectivity index (χ1n) is 4.76. The lowest BCUT2D eigenvalue weighted by Gasteiger charge is -2.25. The number of hydrogen-bond donors (Lipinski definition) is 2. The van der Waals surface area contributed by atoms with Crippen molar-refractivity contribution in [2.45, 2.75) is 12.5 Å². The maximum absolute atomic E-state index is 11.4. The molecule has 2 amide bonds. The molecule has 7 nitrogen and oxygen atoms in total. The summed E-state index contributed by atoms with van der Waals surface area (Å²) in [5.74, 6) is -1.31. The Morgan fingerprint density at radius 2 is 2.12 bits per heavy atom. The van der Waals surface area contributed by atoms with E-state index in [0.29, 0.717) is 6.42 Å². The highest BCUT2D eigenvalue weighted by molar-refractivity contribution is 7.91. The van der Waals surface area contributed by atoms with Crippen molar-refractivity contribution in [2.24, 2.45) is 0 Å². The van der Waals surface area contributed by atoms with Crippen LogP contribution in [-0.4, -0.2) is 61.6 Å². The molecule has 8 heteroatoms. The molecule has 1 unspecified atom stereocenters. The Morgan fingerprint density at radius 1 is 1.50 bits per heavy atom. The van der Waals surface area contributed by atoms with Crippen molar-refractivity contribution in [3.05, 3.63) is 0 Å². The summed E-state index contributed by atoms with van der Waals surface area (Å²) in [7, 11) is -1.76. The van der Waals surface area contributed by atoms with Crippen molar-refractivity contribution in [1.82, 2.24) is 10.2 Å². The first kappa shape index (κ1) is 12.8. The summed E-state index contributed by atoms with van der Waals surface area (Å²) in [6, 6.07) is -1.11. The van der Waals surface area contributed by atoms with Crippen LogP contribution >= 0.6 is 0 Å². The van der Waals surface area contributed by atoms with Crippen LogP contribution in [0.1, 0.15) is 6.42 Å². The molecule has 2 N–H and O–H groups in total. The summed E-state index contributed by atoms with van der Waals surface area (Å²) in [4.78, 5) is 23.0. The Balaban J connectivity index is 2.78. The predicted molar refractivity (Wildman–Crippen MR) is 55.9 cm³/mol. The van der Waals surface area contributed by atoms with Gasteiger partial charge in [0.1, 0.15) is 6.54 Å². The minimum atomic E-state index is -3.13. The highest BCUT2D eigenvalue weighted by atomic mass is 32.2. The van der Waals surface area contributed by atoms with Gasteiger partial charge in [-0.15, -0.1) is 0 Å². The van der Waals surface area contributed by atoms with E-state index in [1.807, 2.05) is 0 Å². The smallest absolute Gasteiger partial charge is 0.323 e. The molecular weight excluding hydrogens is 236 g/mol. The number of nitrogens with zero attached hydrogens (tertiary/aromatic N) is 1. The normalized spacial score (nSPS) is 22.7. The maximum atomic E-state index is 11.4. The third-order valence-electron chi connectivity index (χ3n) is 2.43. The number of sulfone groups is 1. The number of carbonyl (C=O) groups excluding carboxylic acids is 1. The highest BCUT2D eigenvalue weighted by Gasteiger charge is 2.35. The standard InChI is InChI=1S/C8H14N2O5S/c1-9-8(13)10(4-7(11)12)6-2-3-16(14,15)5-6/h6H,2-5H2,1H3,(H,9,13)(H,11,12). The minimum absolute atomic E-state index is 0.00474. The minimum Gasteiger partial charge on any atom is -0.480 e. The molecule has 1 aliphatic heterocycles. The van der Waals surface area contributed by atoms with E-state index in [0.717, 1.165) is 4.90 Å². The first-order valence-corrected chi connectivity index (χ1v) is 6.58. The molecule has 1 rings (SSSR count). The topological polar surface area (TPSA) is 104 Å². The number of nitrogens with one attached hydrogen (secondary N) is 1. The van der Waals surface area contributed by atoms with Crippen LogP contribution in [0.2, 0.25) is 0 Å². The van der Waals surface area contributed by atoms with E-state index in [2.05, 4.69) is 5.32 Å². The largest absolute Gasteiger partial charge is 0.480 e. The SMILES string of the molecule is CNC(=O)N(CC(=O)O)C1CCS(=O)(=O)C1. The predicted octanol–water partition coefficient (Wildman–Crippen LogP) is -1.10. The second kappa shape index (κ2) is 4.69. The second-order valence-electron chi connectivity index (χ2n) is 3.63. The van der Waals surface area contributed by atoms with Gasteiger partial charge in [-0.1, -0.05) is 0 Å². The molecule has 0 saturated carbocycles. The van der Waals surface area contributed by atoms with Gasteiger partial charge in [-0.3, -0.25) is 4.79 Å². The molecular formula is C8H14N2O5S. The number of carbonyl (C=O) groups is 2. The van der Waals surface area contributed by atoms with Crippen molar-refractivity contribution < 1.29 is 23.1 Å². The fourth-order valence-corrected chi connectivity index (χ4v) is 3.41. The Hall–Kier alpha value is -1.31. The van der Waals surface area contributed by atoms with E-state index in [-0.39, 0.29) is 11.5 Å². The first-order chi connectivity index (χ1) is 7.35. The Kier molecular flexibility index (Phi) is 3.74. The average Bonchev–Trinajstić information content (AvgIpc) is 2.53. The number of rotatable bonds is 3. The molecule has 1 aliphatic rings. The van der Waals surface area contributed by atoms with E-state index in [1.54, 1.807) is 0 Å². The van der Waals surface area contributed by atoms with Crippen LogP contribution in [-0.2, 0) is 14.6 Å². The van der Waals surface area contributed by atoms with Gasteiger partial charge in [0.25, 0.3) is 0 Å². The molecule has 0 spiro atoms. The second-order valence-corrected chi connectivity index (χ2v) is 5.86. The molecule has 92 valence electrons. The fraction of sp³-hybridized carbons (Fsp3) is 0.750. The number of urea groups is 1. The van der Waals surface area contributed by atoms with E-state index in [4.69, 9.17) is 5.11 Å². The summed E-state index contributed by atoms with van der Waals surface area (Å²) in [5, 5.41) is 11.0. The van der Waals surface area contributed by atoms with E-state index in [1.165, 1.54) is 7.05 Å². The zero-order valence-corrected chi connectivity index (χ0v) is 9.66. The quantitative estimate of drug-likeness (QED) is 0.661. The van der Waals surface area contributed by atoms with Crippen molar-refractivity contribution in [3.63, 3.8) is 0 Å². The van der Waals surface area contributed by atoms with E-state index < -0.39 is 34.4 Å². The van der Waals surface area contributed by atoms with Crippen molar-refractivity contribution in [3.8, 4) is 0 Å². The summed E-state index contributed by atoms with van der Waals surface area (Å²) < 4.78 is 22.5. The summed E-state index contributed by atoms with van der Waals surface area (Å²) in [5.41, 5.74) is 0. The van der Waals surface area contributed by atoms with Gasteiger partial charge >= 0.3 is 12.0 Å². The zero-order chi connectivity index (χ0) is 12.3. The molecule has 1 fully saturated rings. The van der Waals surface area contributed by atoms with Crippen molar-refractivity contribution >= 4 is 21.8 Å².